The van der Waals surface area contributed by atoms with E-state index in [1.165, 1.54) is 11.3 Å². The largest absolute Gasteiger partial charge is 0.397 e. The second kappa shape index (κ2) is 7.15. The fourth-order valence-corrected chi connectivity index (χ4v) is 3.13. The maximum absolute atomic E-state index is 12.0. The van der Waals surface area contributed by atoms with E-state index in [9.17, 15) is 13.6 Å². The van der Waals surface area contributed by atoms with Crippen molar-refractivity contribution < 1.29 is 18.3 Å². The topological polar surface area (TPSA) is 64.4 Å². The average Bonchev–Trinajstić information content (AvgIpc) is 2.75. The normalized spacial score (nSPS) is 11.2. The van der Waals surface area contributed by atoms with E-state index in [-0.39, 0.29) is 19.1 Å². The van der Waals surface area contributed by atoms with Crippen LogP contribution in [0.3, 0.4) is 0 Å². The van der Waals surface area contributed by atoms with E-state index in [0.717, 1.165) is 14.6 Å². The Balaban J connectivity index is 1.98. The van der Waals surface area contributed by atoms with Crippen molar-refractivity contribution in [2.45, 2.75) is 6.43 Å². The highest BCUT2D eigenvalue weighted by molar-refractivity contribution is 9.10. The summed E-state index contributed by atoms with van der Waals surface area (Å²) in [6.45, 7) is -0.440. The molecule has 114 valence electrons. The van der Waals surface area contributed by atoms with Crippen LogP contribution in [-0.4, -0.2) is 32.1 Å². The standard InChI is InChI=1S/C13H13BrF2N2O2S/c14-7-1-2-9-8(5-7)11(17)12(21-9)13(19)18-3-4-20-6-10(15)16/h1-2,5,10H,3-4,6,17H2,(H,18,19). The number of alkyl halides is 2. The second-order valence-electron chi connectivity index (χ2n) is 4.21. The highest BCUT2D eigenvalue weighted by Gasteiger charge is 2.16. The number of hydrogen-bond donors (Lipinski definition) is 2. The number of anilines is 1. The lowest BCUT2D eigenvalue weighted by Crippen LogP contribution is -2.27. The minimum atomic E-state index is -2.50. The van der Waals surface area contributed by atoms with Gasteiger partial charge < -0.3 is 15.8 Å². The molecule has 4 nitrogen and oxygen atoms in total. The first kappa shape index (κ1) is 16.1. The van der Waals surface area contributed by atoms with E-state index in [2.05, 4.69) is 26.0 Å². The van der Waals surface area contributed by atoms with Crippen molar-refractivity contribution >= 4 is 48.9 Å². The Bertz CT molecular complexity index is 648. The first-order valence-electron chi connectivity index (χ1n) is 6.10. The zero-order valence-electron chi connectivity index (χ0n) is 10.9. The van der Waals surface area contributed by atoms with Gasteiger partial charge in [-0.3, -0.25) is 4.79 Å². The number of amides is 1. The quantitative estimate of drug-likeness (QED) is 0.758. The van der Waals surface area contributed by atoms with Gasteiger partial charge in [0.15, 0.2) is 0 Å². The first-order valence-corrected chi connectivity index (χ1v) is 7.71. The Morgan fingerprint density at radius 1 is 1.48 bits per heavy atom. The van der Waals surface area contributed by atoms with Crippen molar-refractivity contribution in [2.75, 3.05) is 25.5 Å². The molecule has 1 aromatic carbocycles. The van der Waals surface area contributed by atoms with Gasteiger partial charge in [-0.25, -0.2) is 8.78 Å². The molecule has 0 unspecified atom stereocenters. The van der Waals surface area contributed by atoms with Crippen LogP contribution in [0.15, 0.2) is 22.7 Å². The molecule has 0 bridgehead atoms. The number of nitrogens with one attached hydrogen (secondary N) is 1. The monoisotopic (exact) mass is 378 g/mol. The fraction of sp³-hybridized carbons (Fsp3) is 0.308. The minimum Gasteiger partial charge on any atom is -0.397 e. The number of ether oxygens (including phenoxy) is 1. The van der Waals surface area contributed by atoms with Crippen molar-refractivity contribution in [2.24, 2.45) is 0 Å². The molecule has 0 aliphatic heterocycles. The van der Waals surface area contributed by atoms with Crippen LogP contribution in [0.2, 0.25) is 0 Å². The summed E-state index contributed by atoms with van der Waals surface area (Å²) in [5.41, 5.74) is 6.40. The molecule has 0 aliphatic rings. The maximum atomic E-state index is 12.0. The Labute approximate surface area is 132 Å². The summed E-state index contributed by atoms with van der Waals surface area (Å²) in [6, 6.07) is 5.60. The number of carbonyl (C=O) groups excluding carboxylic acids is 1. The minimum absolute atomic E-state index is 0.0342. The molecule has 0 spiro atoms. The molecule has 0 fully saturated rings. The zero-order valence-corrected chi connectivity index (χ0v) is 13.3. The molecular weight excluding hydrogens is 366 g/mol. The van der Waals surface area contributed by atoms with Gasteiger partial charge in [0.25, 0.3) is 12.3 Å². The Kier molecular flexibility index (Phi) is 5.49. The van der Waals surface area contributed by atoms with Gasteiger partial charge in [-0.2, -0.15) is 0 Å². The number of nitrogens with two attached hydrogens (primary N) is 1. The third-order valence-corrected chi connectivity index (χ3v) is 4.35. The van der Waals surface area contributed by atoms with E-state index < -0.39 is 13.0 Å². The third kappa shape index (κ3) is 4.12. The van der Waals surface area contributed by atoms with Crippen LogP contribution in [0.4, 0.5) is 14.5 Å². The van der Waals surface area contributed by atoms with E-state index in [1.54, 1.807) is 0 Å². The molecule has 21 heavy (non-hydrogen) atoms. The van der Waals surface area contributed by atoms with Crippen molar-refractivity contribution in [1.82, 2.24) is 5.32 Å². The van der Waals surface area contributed by atoms with Gasteiger partial charge in [-0.1, -0.05) is 15.9 Å². The van der Waals surface area contributed by atoms with Crippen molar-refractivity contribution in [3.05, 3.63) is 27.5 Å². The van der Waals surface area contributed by atoms with Crippen LogP contribution >= 0.6 is 27.3 Å². The zero-order chi connectivity index (χ0) is 15.4. The smallest absolute Gasteiger partial charge is 0.263 e. The van der Waals surface area contributed by atoms with Gasteiger partial charge in [0.1, 0.15) is 11.5 Å². The molecule has 1 heterocycles. The molecule has 0 aliphatic carbocycles. The summed E-state index contributed by atoms with van der Waals surface area (Å²) < 4.78 is 30.2. The molecule has 2 aromatic rings. The number of benzene rings is 1. The van der Waals surface area contributed by atoms with Gasteiger partial charge in [0, 0.05) is 21.1 Å². The van der Waals surface area contributed by atoms with Crippen LogP contribution in [0.5, 0.6) is 0 Å². The number of carbonyl (C=O) groups is 1. The van der Waals surface area contributed by atoms with E-state index in [0.29, 0.717) is 10.6 Å². The van der Waals surface area contributed by atoms with E-state index in [1.807, 2.05) is 18.2 Å². The molecule has 0 radical (unpaired) electrons. The van der Waals surface area contributed by atoms with E-state index in [4.69, 9.17) is 5.73 Å². The molecule has 2 rings (SSSR count). The number of hydrogen-bond acceptors (Lipinski definition) is 4. The number of thiophene rings is 1. The summed E-state index contributed by atoms with van der Waals surface area (Å²) in [7, 11) is 0. The summed E-state index contributed by atoms with van der Waals surface area (Å²) in [5.74, 6) is -0.328. The van der Waals surface area contributed by atoms with Crippen molar-refractivity contribution in [3.8, 4) is 0 Å². The van der Waals surface area contributed by atoms with Gasteiger partial charge >= 0.3 is 0 Å². The summed E-state index contributed by atoms with van der Waals surface area (Å²) in [5, 5.41) is 3.41. The van der Waals surface area contributed by atoms with Crippen molar-refractivity contribution in [1.29, 1.82) is 0 Å². The first-order chi connectivity index (χ1) is 9.99. The summed E-state index contributed by atoms with van der Waals surface area (Å²) in [4.78, 5) is 12.4. The third-order valence-electron chi connectivity index (χ3n) is 2.67. The molecule has 1 amide bonds. The summed E-state index contributed by atoms with van der Waals surface area (Å²) >= 11 is 4.65. The van der Waals surface area contributed by atoms with Crippen LogP contribution in [0.1, 0.15) is 9.67 Å². The molecule has 8 heteroatoms. The fourth-order valence-electron chi connectivity index (χ4n) is 1.75. The van der Waals surface area contributed by atoms with Crippen LogP contribution in [0, 0.1) is 0 Å². The Morgan fingerprint density at radius 2 is 2.24 bits per heavy atom. The second-order valence-corrected chi connectivity index (χ2v) is 6.18. The maximum Gasteiger partial charge on any atom is 0.263 e. The molecular formula is C13H13BrF2N2O2S. The van der Waals surface area contributed by atoms with Gasteiger partial charge in [-0.05, 0) is 18.2 Å². The number of nitrogen functional groups attached to an aromatic ring is 1. The SMILES string of the molecule is Nc1c(C(=O)NCCOCC(F)F)sc2ccc(Br)cc12. The molecule has 0 saturated heterocycles. The molecule has 1 aromatic heterocycles. The van der Waals surface area contributed by atoms with Gasteiger partial charge in [-0.15, -0.1) is 11.3 Å². The number of fused-ring (bicyclic) bond motifs is 1. The lowest BCUT2D eigenvalue weighted by Gasteiger charge is -2.05. The van der Waals surface area contributed by atoms with Crippen LogP contribution in [-0.2, 0) is 4.74 Å². The van der Waals surface area contributed by atoms with Crippen LogP contribution < -0.4 is 11.1 Å². The van der Waals surface area contributed by atoms with Gasteiger partial charge in [0.05, 0.1) is 12.3 Å². The van der Waals surface area contributed by atoms with E-state index >= 15 is 0 Å². The lowest BCUT2D eigenvalue weighted by molar-refractivity contribution is 0.0188. The number of rotatable bonds is 6. The van der Waals surface area contributed by atoms with Gasteiger partial charge in [0.2, 0.25) is 0 Å². The lowest BCUT2D eigenvalue weighted by atomic mass is 10.2. The predicted octanol–water partition coefficient (Wildman–Crippen LogP) is 3.26. The molecule has 0 atom stereocenters. The number of halogens is 3. The molecule has 0 saturated carbocycles. The van der Waals surface area contributed by atoms with Crippen molar-refractivity contribution in [3.63, 3.8) is 0 Å². The predicted molar refractivity (Wildman–Crippen MR) is 83.1 cm³/mol. The highest BCUT2D eigenvalue weighted by Crippen LogP contribution is 2.35. The Hall–Kier alpha value is -1.25. The summed E-state index contributed by atoms with van der Waals surface area (Å²) in [6.07, 6.45) is -2.50. The molecule has 3 N–H and O–H groups in total. The van der Waals surface area contributed by atoms with Crippen LogP contribution in [0.25, 0.3) is 10.1 Å². The highest BCUT2D eigenvalue weighted by atomic mass is 79.9. The average molecular weight is 379 g/mol. The Morgan fingerprint density at radius 3 is 2.95 bits per heavy atom.